The quantitative estimate of drug-likeness (QED) is 0.286. The molecule has 10 heteroatoms. The summed E-state index contributed by atoms with van der Waals surface area (Å²) in [4.78, 5) is 23.8. The summed E-state index contributed by atoms with van der Waals surface area (Å²) in [7, 11) is 0. The first-order valence-electron chi connectivity index (χ1n) is 13.7. The summed E-state index contributed by atoms with van der Waals surface area (Å²) >= 11 is 0. The molecule has 0 radical (unpaired) electrons. The molecular weight excluding hydrogens is 488 g/mol. The topological polar surface area (TPSA) is 118 Å². The maximum absolute atomic E-state index is 5.15. The normalized spacial score (nSPS) is 19.2. The van der Waals surface area contributed by atoms with Gasteiger partial charge in [-0.05, 0) is 67.0 Å². The van der Waals surface area contributed by atoms with Crippen LogP contribution in [0.4, 0.5) is 17.6 Å². The number of aromatic nitrogens is 7. The first kappa shape index (κ1) is 23.9. The maximum atomic E-state index is 5.15. The van der Waals surface area contributed by atoms with Crippen LogP contribution in [-0.2, 0) is 0 Å². The van der Waals surface area contributed by atoms with Crippen molar-refractivity contribution in [2.75, 3.05) is 23.7 Å². The Morgan fingerprint density at radius 3 is 2.79 bits per heavy atom. The Morgan fingerprint density at radius 1 is 1.05 bits per heavy atom. The number of nitrogens with one attached hydrogen (secondary N) is 3. The summed E-state index contributed by atoms with van der Waals surface area (Å²) < 4.78 is 1.73. The van der Waals surface area contributed by atoms with Gasteiger partial charge in [-0.3, -0.25) is 4.98 Å². The Kier molecular flexibility index (Phi) is 5.84. The van der Waals surface area contributed by atoms with E-state index >= 15 is 0 Å². The number of hydrogen-bond donors (Lipinski definition) is 3. The summed E-state index contributed by atoms with van der Waals surface area (Å²) in [6, 6.07) is 9.94. The van der Waals surface area contributed by atoms with Crippen molar-refractivity contribution in [3.8, 4) is 11.4 Å². The van der Waals surface area contributed by atoms with Crippen molar-refractivity contribution in [3.05, 3.63) is 60.7 Å². The van der Waals surface area contributed by atoms with Gasteiger partial charge in [0.25, 0.3) is 0 Å². The average molecular weight is 521 g/mol. The van der Waals surface area contributed by atoms with Crippen molar-refractivity contribution in [2.45, 2.75) is 51.5 Å². The monoisotopic (exact) mass is 520 g/mol. The van der Waals surface area contributed by atoms with Crippen LogP contribution in [0.1, 0.15) is 51.0 Å². The van der Waals surface area contributed by atoms with Crippen LogP contribution < -0.4 is 16.0 Å². The summed E-state index contributed by atoms with van der Waals surface area (Å²) in [5.74, 6) is 3.16. The van der Waals surface area contributed by atoms with Gasteiger partial charge < -0.3 is 16.0 Å². The summed E-state index contributed by atoms with van der Waals surface area (Å²) in [6.07, 6.45) is 12.2. The molecule has 198 valence electrons. The molecule has 1 atom stereocenters. The van der Waals surface area contributed by atoms with Crippen molar-refractivity contribution in [1.82, 2.24) is 39.9 Å². The van der Waals surface area contributed by atoms with Crippen molar-refractivity contribution in [3.63, 3.8) is 0 Å². The molecule has 0 bridgehead atoms. The van der Waals surface area contributed by atoms with Crippen LogP contribution in [-0.4, -0.2) is 53.7 Å². The van der Waals surface area contributed by atoms with Gasteiger partial charge in [0.2, 0.25) is 5.95 Å². The molecule has 0 spiro atoms. The van der Waals surface area contributed by atoms with E-state index in [1.54, 1.807) is 10.7 Å². The molecule has 0 amide bonds. The van der Waals surface area contributed by atoms with Gasteiger partial charge in [-0.2, -0.15) is 4.98 Å². The lowest BCUT2D eigenvalue weighted by atomic mass is 9.78. The highest BCUT2D eigenvalue weighted by Crippen LogP contribution is 2.42. The van der Waals surface area contributed by atoms with Gasteiger partial charge in [0, 0.05) is 42.1 Å². The van der Waals surface area contributed by atoms with Crippen molar-refractivity contribution < 1.29 is 0 Å². The van der Waals surface area contributed by atoms with Crippen LogP contribution in [0.25, 0.3) is 27.9 Å². The van der Waals surface area contributed by atoms with Gasteiger partial charge >= 0.3 is 0 Å². The Bertz CT molecular complexity index is 1620. The van der Waals surface area contributed by atoms with E-state index < -0.39 is 0 Å². The zero-order valence-corrected chi connectivity index (χ0v) is 22.2. The smallest absolute Gasteiger partial charge is 0.248 e. The fourth-order valence-electron chi connectivity index (χ4n) is 5.61. The molecule has 5 aromatic heterocycles. The second-order valence-corrected chi connectivity index (χ2v) is 11.3. The van der Waals surface area contributed by atoms with E-state index in [2.05, 4.69) is 49.8 Å². The molecule has 1 saturated carbocycles. The number of hydrogen-bond acceptors (Lipinski definition) is 9. The fraction of sp³-hybridized carbons (Fsp3) is 0.379. The molecular formula is C29H32N10. The minimum Gasteiger partial charge on any atom is -0.366 e. The second-order valence-electron chi connectivity index (χ2n) is 11.3. The first-order chi connectivity index (χ1) is 19.0. The lowest BCUT2D eigenvalue weighted by Gasteiger charge is -2.40. The van der Waals surface area contributed by atoms with E-state index in [9.17, 15) is 0 Å². The van der Waals surface area contributed by atoms with E-state index in [1.807, 2.05) is 48.9 Å². The lowest BCUT2D eigenvalue weighted by Crippen LogP contribution is -2.49. The van der Waals surface area contributed by atoms with Gasteiger partial charge in [0.1, 0.15) is 11.6 Å². The molecule has 1 saturated heterocycles. The Morgan fingerprint density at radius 2 is 1.97 bits per heavy atom. The molecule has 0 unspecified atom stereocenters. The molecule has 39 heavy (non-hydrogen) atoms. The minimum absolute atomic E-state index is 0.0915. The van der Waals surface area contributed by atoms with E-state index in [0.29, 0.717) is 29.6 Å². The molecule has 1 aliphatic heterocycles. The van der Waals surface area contributed by atoms with E-state index in [1.165, 1.54) is 24.8 Å². The number of anilines is 3. The van der Waals surface area contributed by atoms with Crippen molar-refractivity contribution in [2.24, 2.45) is 5.41 Å². The molecule has 7 rings (SSSR count). The Hall–Kier alpha value is -4.18. The zero-order valence-electron chi connectivity index (χ0n) is 22.2. The Balaban J connectivity index is 1.28. The first-order valence-corrected chi connectivity index (χ1v) is 13.7. The lowest BCUT2D eigenvalue weighted by molar-refractivity contribution is 0.236. The average Bonchev–Trinajstić information content (AvgIpc) is 3.31. The molecule has 3 N–H and O–H groups in total. The summed E-state index contributed by atoms with van der Waals surface area (Å²) in [5.41, 5.74) is 3.84. The van der Waals surface area contributed by atoms with E-state index in [-0.39, 0.29) is 5.41 Å². The molecule has 2 aliphatic rings. The van der Waals surface area contributed by atoms with Crippen LogP contribution in [0.15, 0.2) is 55.1 Å². The molecule has 6 heterocycles. The third kappa shape index (κ3) is 4.54. The fourth-order valence-corrected chi connectivity index (χ4v) is 5.61. The number of pyridine rings is 3. The van der Waals surface area contributed by atoms with Gasteiger partial charge in [-0.15, -0.1) is 5.10 Å². The SMILES string of the molecule is CC1(C)CNCC[C@@H]1Nc1nc(-c2ccnc(Nc3nc4ccccn4n3)c2)nc2cncc(C3CCC3)c12. The Labute approximate surface area is 226 Å². The summed E-state index contributed by atoms with van der Waals surface area (Å²) in [6.45, 7) is 6.58. The predicted octanol–water partition coefficient (Wildman–Crippen LogP) is 4.94. The van der Waals surface area contributed by atoms with Gasteiger partial charge in [0.05, 0.1) is 11.7 Å². The summed E-state index contributed by atoms with van der Waals surface area (Å²) in [5, 5.41) is 16.2. The number of fused-ring (bicyclic) bond motifs is 2. The predicted molar refractivity (Wildman–Crippen MR) is 152 cm³/mol. The van der Waals surface area contributed by atoms with Gasteiger partial charge in [0.15, 0.2) is 11.5 Å². The number of nitrogens with zero attached hydrogens (tertiary/aromatic N) is 7. The van der Waals surface area contributed by atoms with E-state index in [0.717, 1.165) is 47.4 Å². The molecule has 2 fully saturated rings. The highest BCUT2D eigenvalue weighted by Gasteiger charge is 2.33. The number of rotatable bonds is 6. The largest absolute Gasteiger partial charge is 0.366 e. The van der Waals surface area contributed by atoms with Crippen molar-refractivity contribution in [1.29, 1.82) is 0 Å². The maximum Gasteiger partial charge on any atom is 0.248 e. The zero-order chi connectivity index (χ0) is 26.4. The van der Waals surface area contributed by atoms with Crippen LogP contribution >= 0.6 is 0 Å². The third-order valence-corrected chi connectivity index (χ3v) is 8.13. The standard InChI is InChI=1S/C29H32N10/c1-29(2)17-30-11-10-22(29)34-27-25-20(18-6-5-7-18)15-31-16-21(25)33-26(37-27)19-9-12-32-23(14-19)35-28-36-24-8-3-4-13-39(24)38-28/h3-4,8-9,12-16,18,22,30H,5-7,10-11,17H2,1-2H3,(H,32,35,38)(H,33,34,37)/t22-/m0/s1. The van der Waals surface area contributed by atoms with Crippen LogP contribution in [0.2, 0.25) is 0 Å². The van der Waals surface area contributed by atoms with Crippen LogP contribution in [0.3, 0.4) is 0 Å². The number of piperidine rings is 1. The molecule has 10 nitrogen and oxygen atoms in total. The highest BCUT2D eigenvalue weighted by molar-refractivity contribution is 5.93. The molecule has 1 aliphatic carbocycles. The van der Waals surface area contributed by atoms with E-state index in [4.69, 9.17) is 9.97 Å². The van der Waals surface area contributed by atoms with Gasteiger partial charge in [-0.1, -0.05) is 26.3 Å². The highest BCUT2D eigenvalue weighted by atomic mass is 15.3. The molecule has 5 aromatic rings. The second kappa shape index (κ2) is 9.53. The van der Waals surface area contributed by atoms with Gasteiger partial charge in [-0.25, -0.2) is 19.5 Å². The van der Waals surface area contributed by atoms with Crippen LogP contribution in [0.5, 0.6) is 0 Å². The van der Waals surface area contributed by atoms with Crippen LogP contribution in [0, 0.1) is 5.41 Å². The third-order valence-electron chi connectivity index (χ3n) is 8.13. The molecule has 0 aromatic carbocycles. The van der Waals surface area contributed by atoms with Crippen molar-refractivity contribution >= 4 is 34.1 Å². The minimum atomic E-state index is 0.0915.